The Morgan fingerprint density at radius 3 is 2.65 bits per heavy atom. The highest BCUT2D eigenvalue weighted by Crippen LogP contribution is 2.14. The summed E-state index contributed by atoms with van der Waals surface area (Å²) in [5.74, 6) is 0.736. The predicted octanol–water partition coefficient (Wildman–Crippen LogP) is 4.01. The van der Waals surface area contributed by atoms with Gasteiger partial charge in [-0.3, -0.25) is 4.99 Å². The van der Waals surface area contributed by atoms with E-state index in [1.54, 1.807) is 19.6 Å². The van der Waals surface area contributed by atoms with E-state index >= 15 is 0 Å². The van der Waals surface area contributed by atoms with Crippen molar-refractivity contribution in [1.82, 2.24) is 20.2 Å². The zero-order valence-corrected chi connectivity index (χ0v) is 17.5. The Morgan fingerprint density at radius 1 is 1.12 bits per heavy atom. The van der Waals surface area contributed by atoms with Crippen LogP contribution < -0.4 is 10.6 Å². The van der Waals surface area contributed by atoms with E-state index in [2.05, 4.69) is 32.7 Å². The molecule has 0 atom stereocenters. The van der Waals surface area contributed by atoms with Gasteiger partial charge in [-0.15, -0.1) is 24.0 Å². The molecule has 136 valence electrons. The Morgan fingerprint density at radius 2 is 1.92 bits per heavy atom. The number of guanidine groups is 1. The lowest BCUT2D eigenvalue weighted by molar-refractivity contribution is 0.804. The summed E-state index contributed by atoms with van der Waals surface area (Å²) in [6.07, 6.45) is 5.51. The van der Waals surface area contributed by atoms with Gasteiger partial charge in [0, 0.05) is 37.6 Å². The summed E-state index contributed by atoms with van der Waals surface area (Å²) in [4.78, 5) is 8.39. The molecule has 3 aromatic rings. The van der Waals surface area contributed by atoms with Crippen LogP contribution in [0.4, 0.5) is 0 Å². The maximum Gasteiger partial charge on any atom is 0.191 e. The van der Waals surface area contributed by atoms with Gasteiger partial charge < -0.3 is 15.2 Å². The van der Waals surface area contributed by atoms with Crippen LogP contribution in [0.3, 0.4) is 0 Å². The Kier molecular flexibility index (Phi) is 7.93. The number of hydrogen-bond donors (Lipinski definition) is 2. The smallest absolute Gasteiger partial charge is 0.191 e. The molecule has 7 heteroatoms. The molecule has 0 saturated heterocycles. The van der Waals surface area contributed by atoms with Gasteiger partial charge in [0.2, 0.25) is 0 Å². The third-order valence-corrected chi connectivity index (χ3v) is 4.03. The number of aromatic nitrogens is 2. The Bertz CT molecular complexity index is 849. The van der Waals surface area contributed by atoms with Gasteiger partial charge in [-0.2, -0.15) is 0 Å². The van der Waals surface area contributed by atoms with Gasteiger partial charge in [0.1, 0.15) is 0 Å². The summed E-state index contributed by atoms with van der Waals surface area (Å²) < 4.78 is 2.00. The van der Waals surface area contributed by atoms with Crippen LogP contribution in [0.2, 0.25) is 5.02 Å². The van der Waals surface area contributed by atoms with Crippen molar-refractivity contribution in [2.45, 2.75) is 13.1 Å². The van der Waals surface area contributed by atoms with Gasteiger partial charge in [0.15, 0.2) is 5.96 Å². The summed E-state index contributed by atoms with van der Waals surface area (Å²) in [5, 5.41) is 7.38. The monoisotopic (exact) mass is 481 g/mol. The van der Waals surface area contributed by atoms with Gasteiger partial charge in [0.25, 0.3) is 0 Å². The van der Waals surface area contributed by atoms with E-state index in [9.17, 15) is 0 Å². The van der Waals surface area contributed by atoms with Crippen molar-refractivity contribution in [3.8, 4) is 5.69 Å². The van der Waals surface area contributed by atoms with E-state index in [0.29, 0.717) is 13.1 Å². The van der Waals surface area contributed by atoms with E-state index in [4.69, 9.17) is 11.6 Å². The fourth-order valence-corrected chi connectivity index (χ4v) is 2.76. The van der Waals surface area contributed by atoms with Crippen LogP contribution in [0.15, 0.2) is 72.2 Å². The van der Waals surface area contributed by atoms with E-state index in [0.717, 1.165) is 27.8 Å². The SMILES string of the molecule is CN=C(NCc1cccc(Cl)c1)NCc1ccccc1-n1ccnc1.I. The Balaban J connectivity index is 0.00000243. The number of aliphatic imine (C=N–C) groups is 1. The van der Waals surface area contributed by atoms with Gasteiger partial charge >= 0.3 is 0 Å². The van der Waals surface area contributed by atoms with Crippen molar-refractivity contribution in [2.24, 2.45) is 4.99 Å². The first kappa shape index (κ1) is 20.3. The molecule has 0 saturated carbocycles. The zero-order chi connectivity index (χ0) is 17.5. The lowest BCUT2D eigenvalue weighted by Gasteiger charge is -2.14. The third kappa shape index (κ3) is 5.47. The van der Waals surface area contributed by atoms with Crippen molar-refractivity contribution in [3.05, 3.63) is 83.4 Å². The molecule has 1 heterocycles. The van der Waals surface area contributed by atoms with Crippen LogP contribution in [0.25, 0.3) is 5.69 Å². The van der Waals surface area contributed by atoms with E-state index in [-0.39, 0.29) is 24.0 Å². The van der Waals surface area contributed by atoms with Crippen LogP contribution in [0.1, 0.15) is 11.1 Å². The second kappa shape index (κ2) is 10.2. The van der Waals surface area contributed by atoms with Crippen molar-refractivity contribution in [1.29, 1.82) is 0 Å². The molecular formula is C19H21ClIN5. The summed E-state index contributed by atoms with van der Waals surface area (Å²) in [6.45, 7) is 1.31. The first-order chi connectivity index (χ1) is 12.3. The van der Waals surface area contributed by atoms with Crippen LogP contribution in [0, 0.1) is 0 Å². The Labute approximate surface area is 175 Å². The summed E-state index contributed by atoms with van der Waals surface area (Å²) >= 11 is 6.02. The minimum atomic E-state index is 0. The molecular weight excluding hydrogens is 461 g/mol. The molecule has 0 spiro atoms. The molecule has 0 unspecified atom stereocenters. The fraction of sp³-hybridized carbons (Fsp3) is 0.158. The normalized spacial score (nSPS) is 10.9. The predicted molar refractivity (Wildman–Crippen MR) is 117 cm³/mol. The molecule has 0 aliphatic rings. The lowest BCUT2D eigenvalue weighted by Crippen LogP contribution is -2.36. The van der Waals surface area contributed by atoms with Crippen molar-refractivity contribution >= 4 is 41.5 Å². The zero-order valence-electron chi connectivity index (χ0n) is 14.4. The lowest BCUT2D eigenvalue weighted by atomic mass is 10.1. The summed E-state index contributed by atoms with van der Waals surface area (Å²) in [5.41, 5.74) is 3.36. The Hall–Kier alpha value is -2.06. The van der Waals surface area contributed by atoms with Gasteiger partial charge in [0.05, 0.1) is 12.0 Å². The summed E-state index contributed by atoms with van der Waals surface area (Å²) in [7, 11) is 1.76. The average Bonchev–Trinajstić information content (AvgIpc) is 3.17. The topological polar surface area (TPSA) is 54.2 Å². The number of nitrogens with zero attached hydrogens (tertiary/aromatic N) is 3. The molecule has 0 aliphatic carbocycles. The number of hydrogen-bond acceptors (Lipinski definition) is 2. The number of rotatable bonds is 5. The molecule has 3 rings (SSSR count). The van der Waals surface area contributed by atoms with Gasteiger partial charge in [-0.05, 0) is 29.3 Å². The van der Waals surface area contributed by atoms with Crippen molar-refractivity contribution < 1.29 is 0 Å². The quantitative estimate of drug-likeness (QED) is 0.329. The van der Waals surface area contributed by atoms with Gasteiger partial charge in [-0.25, -0.2) is 4.98 Å². The molecule has 1 aromatic heterocycles. The average molecular weight is 482 g/mol. The first-order valence-electron chi connectivity index (χ1n) is 8.01. The van der Waals surface area contributed by atoms with E-state index in [1.807, 2.05) is 47.2 Å². The number of imidazole rings is 1. The highest BCUT2D eigenvalue weighted by Gasteiger charge is 2.05. The van der Waals surface area contributed by atoms with Gasteiger partial charge in [-0.1, -0.05) is 41.9 Å². The number of nitrogens with one attached hydrogen (secondary N) is 2. The van der Waals surface area contributed by atoms with Crippen molar-refractivity contribution in [3.63, 3.8) is 0 Å². The number of para-hydroxylation sites is 1. The molecule has 5 nitrogen and oxygen atoms in total. The highest BCUT2D eigenvalue weighted by atomic mass is 127. The van der Waals surface area contributed by atoms with Crippen LogP contribution >= 0.6 is 35.6 Å². The van der Waals surface area contributed by atoms with Crippen LogP contribution in [-0.4, -0.2) is 22.6 Å². The second-order valence-electron chi connectivity index (χ2n) is 5.51. The van der Waals surface area contributed by atoms with Crippen molar-refractivity contribution in [2.75, 3.05) is 7.05 Å². The second-order valence-corrected chi connectivity index (χ2v) is 5.94. The third-order valence-electron chi connectivity index (χ3n) is 3.79. The molecule has 0 amide bonds. The minimum Gasteiger partial charge on any atom is -0.352 e. The fourth-order valence-electron chi connectivity index (χ4n) is 2.55. The maximum absolute atomic E-state index is 6.02. The van der Waals surface area contributed by atoms with E-state index < -0.39 is 0 Å². The number of halogens is 2. The van der Waals surface area contributed by atoms with Crippen LogP contribution in [0.5, 0.6) is 0 Å². The molecule has 0 fully saturated rings. The van der Waals surface area contributed by atoms with Crippen LogP contribution in [-0.2, 0) is 13.1 Å². The number of benzene rings is 2. The molecule has 0 bridgehead atoms. The largest absolute Gasteiger partial charge is 0.352 e. The molecule has 0 radical (unpaired) electrons. The molecule has 2 N–H and O–H groups in total. The maximum atomic E-state index is 6.02. The minimum absolute atomic E-state index is 0. The molecule has 0 aliphatic heterocycles. The standard InChI is InChI=1S/C19H20ClN5.HI/c1-21-19(23-12-15-5-4-7-17(20)11-15)24-13-16-6-2-3-8-18(16)25-10-9-22-14-25;/h2-11,14H,12-13H2,1H3,(H2,21,23,24);1H. The van der Waals surface area contributed by atoms with E-state index in [1.165, 1.54) is 0 Å². The molecule has 26 heavy (non-hydrogen) atoms. The molecule has 2 aromatic carbocycles. The first-order valence-corrected chi connectivity index (χ1v) is 8.39. The highest BCUT2D eigenvalue weighted by molar-refractivity contribution is 14.0. The summed E-state index contributed by atoms with van der Waals surface area (Å²) in [6, 6.07) is 16.0.